The van der Waals surface area contributed by atoms with Gasteiger partial charge in [0, 0.05) is 12.6 Å². The number of hydrogen-bond donors (Lipinski definition) is 2. The van der Waals surface area contributed by atoms with Gasteiger partial charge in [0.25, 0.3) is 0 Å². The van der Waals surface area contributed by atoms with E-state index >= 15 is 0 Å². The molecule has 2 unspecified atom stereocenters. The van der Waals surface area contributed by atoms with Crippen LogP contribution >= 0.6 is 11.6 Å². The van der Waals surface area contributed by atoms with Crippen LogP contribution in [-0.2, 0) is 4.79 Å². The number of likely N-dealkylation sites (tertiary alicyclic amines) is 1. The molecule has 2 N–H and O–H groups in total. The minimum absolute atomic E-state index is 0.00519. The smallest absolute Gasteiger partial charge is 0.241 e. The average molecular weight is 324 g/mol. The van der Waals surface area contributed by atoms with E-state index in [1.54, 1.807) is 0 Å². The van der Waals surface area contributed by atoms with Crippen LogP contribution in [0, 0.1) is 13.8 Å². The molecule has 0 aromatic heterocycles. The summed E-state index contributed by atoms with van der Waals surface area (Å²) in [6.07, 6.45) is 2.29. The van der Waals surface area contributed by atoms with Crippen LogP contribution in [0.2, 0.25) is 5.02 Å². The Bertz CT molecular complexity index is 524. The van der Waals surface area contributed by atoms with Crippen molar-refractivity contribution in [2.45, 2.75) is 45.7 Å². The average Bonchev–Trinajstić information content (AvgIpc) is 2.49. The third-order valence-electron chi connectivity index (χ3n) is 4.47. The van der Waals surface area contributed by atoms with Crippen LogP contribution in [0.5, 0.6) is 0 Å². The molecule has 4 nitrogen and oxygen atoms in total. The third-order valence-corrected chi connectivity index (χ3v) is 4.77. The Morgan fingerprint density at radius 1 is 1.41 bits per heavy atom. The molecule has 22 heavy (non-hydrogen) atoms. The number of likely N-dealkylation sites (N-methyl/N-ethyl adjacent to an activating group) is 1. The molecule has 1 aliphatic rings. The molecule has 1 fully saturated rings. The summed E-state index contributed by atoms with van der Waals surface area (Å²) >= 11 is 6.28. The fraction of sp³-hybridized carbons (Fsp3) is 0.588. The van der Waals surface area contributed by atoms with Crippen molar-refractivity contribution in [1.29, 1.82) is 0 Å². The van der Waals surface area contributed by atoms with Crippen molar-refractivity contribution in [3.8, 4) is 0 Å². The van der Waals surface area contributed by atoms with E-state index in [2.05, 4.69) is 15.5 Å². The molecule has 0 aliphatic carbocycles. The third kappa shape index (κ3) is 4.00. The molecule has 0 bridgehead atoms. The molecule has 2 rings (SSSR count). The van der Waals surface area contributed by atoms with E-state index in [-0.39, 0.29) is 11.9 Å². The molecule has 1 aromatic rings. The number of halogens is 1. The van der Waals surface area contributed by atoms with E-state index in [0.717, 1.165) is 36.3 Å². The van der Waals surface area contributed by atoms with Gasteiger partial charge < -0.3 is 10.6 Å². The number of nitrogens with zero attached hydrogens (tertiary/aromatic N) is 1. The zero-order valence-electron chi connectivity index (χ0n) is 13.9. The second-order valence-corrected chi connectivity index (χ2v) is 6.63. The zero-order valence-corrected chi connectivity index (χ0v) is 14.6. The van der Waals surface area contributed by atoms with Crippen molar-refractivity contribution in [3.05, 3.63) is 28.3 Å². The van der Waals surface area contributed by atoms with Gasteiger partial charge >= 0.3 is 0 Å². The topological polar surface area (TPSA) is 44.4 Å². The Labute approximate surface area is 138 Å². The Balaban J connectivity index is 2.05. The number of carbonyl (C=O) groups is 1. The monoisotopic (exact) mass is 323 g/mol. The summed E-state index contributed by atoms with van der Waals surface area (Å²) in [6, 6.07) is 4.22. The standard InChI is InChI=1S/C17H26ClN3O/c1-11-8-12(2)16(15(18)9-11)20-17(22)13(3)21-7-5-6-14(10-21)19-4/h8-9,13-14,19H,5-7,10H2,1-4H3,(H,20,22). The maximum Gasteiger partial charge on any atom is 0.241 e. The number of nitrogens with one attached hydrogen (secondary N) is 2. The summed E-state index contributed by atoms with van der Waals surface area (Å²) in [5.74, 6) is 0.00519. The number of piperidine rings is 1. The summed E-state index contributed by atoms with van der Waals surface area (Å²) in [6.45, 7) is 7.81. The van der Waals surface area contributed by atoms with Gasteiger partial charge in [0.1, 0.15) is 0 Å². The van der Waals surface area contributed by atoms with E-state index < -0.39 is 0 Å². The molecule has 0 spiro atoms. The maximum absolute atomic E-state index is 12.6. The second-order valence-electron chi connectivity index (χ2n) is 6.23. The highest BCUT2D eigenvalue weighted by molar-refractivity contribution is 6.34. The van der Waals surface area contributed by atoms with E-state index in [1.807, 2.05) is 40.0 Å². The van der Waals surface area contributed by atoms with Crippen molar-refractivity contribution in [2.24, 2.45) is 0 Å². The lowest BCUT2D eigenvalue weighted by atomic mass is 10.0. The lowest BCUT2D eigenvalue weighted by molar-refractivity contribution is -0.121. The number of aryl methyl sites for hydroxylation is 2. The Hall–Kier alpha value is -1.10. The fourth-order valence-electron chi connectivity index (χ4n) is 3.06. The van der Waals surface area contributed by atoms with Crippen LogP contribution in [0.15, 0.2) is 12.1 Å². The highest BCUT2D eigenvalue weighted by Crippen LogP contribution is 2.27. The maximum atomic E-state index is 12.6. The lowest BCUT2D eigenvalue weighted by Crippen LogP contribution is -2.51. The van der Waals surface area contributed by atoms with Crippen molar-refractivity contribution >= 4 is 23.2 Å². The van der Waals surface area contributed by atoms with Crippen molar-refractivity contribution in [1.82, 2.24) is 10.2 Å². The number of carbonyl (C=O) groups excluding carboxylic acids is 1. The minimum Gasteiger partial charge on any atom is -0.323 e. The first-order valence-corrected chi connectivity index (χ1v) is 8.29. The number of anilines is 1. The van der Waals surface area contributed by atoms with E-state index in [0.29, 0.717) is 11.1 Å². The van der Waals surface area contributed by atoms with Crippen molar-refractivity contribution < 1.29 is 4.79 Å². The summed E-state index contributed by atoms with van der Waals surface area (Å²) in [4.78, 5) is 14.8. The molecule has 1 saturated heterocycles. The molecule has 2 atom stereocenters. The molecule has 122 valence electrons. The predicted octanol–water partition coefficient (Wildman–Crippen LogP) is 2.97. The molecule has 5 heteroatoms. The minimum atomic E-state index is -0.159. The first-order valence-electron chi connectivity index (χ1n) is 7.91. The molecular weight excluding hydrogens is 298 g/mol. The molecule has 1 amide bonds. The second kappa shape index (κ2) is 7.44. The van der Waals surface area contributed by atoms with Gasteiger partial charge in [0.05, 0.1) is 16.8 Å². The van der Waals surface area contributed by atoms with Crippen molar-refractivity contribution in [3.63, 3.8) is 0 Å². The van der Waals surface area contributed by atoms with Gasteiger partial charge in [-0.2, -0.15) is 0 Å². The van der Waals surface area contributed by atoms with Crippen LogP contribution in [0.3, 0.4) is 0 Å². The summed E-state index contributed by atoms with van der Waals surface area (Å²) in [5, 5.41) is 6.91. The van der Waals surface area contributed by atoms with Gasteiger partial charge in [-0.15, -0.1) is 0 Å². The van der Waals surface area contributed by atoms with Crippen molar-refractivity contribution in [2.75, 3.05) is 25.5 Å². The highest BCUT2D eigenvalue weighted by Gasteiger charge is 2.27. The normalized spacial score (nSPS) is 20.7. The number of benzene rings is 1. The summed E-state index contributed by atoms with van der Waals surface area (Å²) in [5.41, 5.74) is 2.82. The zero-order chi connectivity index (χ0) is 16.3. The first kappa shape index (κ1) is 17.3. The van der Waals surface area contributed by atoms with Gasteiger partial charge in [0.15, 0.2) is 0 Å². The predicted molar refractivity (Wildman–Crippen MR) is 92.7 cm³/mol. The van der Waals surface area contributed by atoms with Gasteiger partial charge in [-0.1, -0.05) is 17.7 Å². The number of hydrogen-bond acceptors (Lipinski definition) is 3. The van der Waals surface area contributed by atoms with Crippen LogP contribution in [0.4, 0.5) is 5.69 Å². The van der Waals surface area contributed by atoms with E-state index in [9.17, 15) is 4.79 Å². The van der Waals surface area contributed by atoms with Crippen LogP contribution < -0.4 is 10.6 Å². The molecule has 0 radical (unpaired) electrons. The Morgan fingerprint density at radius 2 is 2.14 bits per heavy atom. The molecule has 1 heterocycles. The van der Waals surface area contributed by atoms with Gasteiger partial charge in [-0.25, -0.2) is 0 Å². The lowest BCUT2D eigenvalue weighted by Gasteiger charge is -2.36. The molecule has 1 aliphatic heterocycles. The molecular formula is C17H26ClN3O. The quantitative estimate of drug-likeness (QED) is 0.895. The number of amides is 1. The van der Waals surface area contributed by atoms with E-state index in [4.69, 9.17) is 11.6 Å². The largest absolute Gasteiger partial charge is 0.323 e. The van der Waals surface area contributed by atoms with Gasteiger partial charge in [-0.05, 0) is 64.4 Å². The van der Waals surface area contributed by atoms with Crippen LogP contribution in [0.25, 0.3) is 0 Å². The van der Waals surface area contributed by atoms with Crippen LogP contribution in [0.1, 0.15) is 30.9 Å². The summed E-state index contributed by atoms with van der Waals surface area (Å²) < 4.78 is 0. The SMILES string of the molecule is CNC1CCCN(C(C)C(=O)Nc2c(C)cc(C)cc2Cl)C1. The number of rotatable bonds is 4. The first-order chi connectivity index (χ1) is 10.4. The van der Waals surface area contributed by atoms with Crippen LogP contribution in [-0.4, -0.2) is 43.0 Å². The fourth-order valence-corrected chi connectivity index (χ4v) is 3.43. The van der Waals surface area contributed by atoms with Gasteiger partial charge in [0.2, 0.25) is 5.91 Å². The highest BCUT2D eigenvalue weighted by atomic mass is 35.5. The van der Waals surface area contributed by atoms with Gasteiger partial charge in [-0.3, -0.25) is 9.69 Å². The molecule has 1 aromatic carbocycles. The molecule has 0 saturated carbocycles. The summed E-state index contributed by atoms with van der Waals surface area (Å²) in [7, 11) is 1.98. The Kier molecular flexibility index (Phi) is 5.84. The Morgan fingerprint density at radius 3 is 2.77 bits per heavy atom. The van der Waals surface area contributed by atoms with E-state index in [1.165, 1.54) is 6.42 Å².